The fraction of sp³-hybridized carbons (Fsp3) is 0.625. The highest BCUT2D eigenvalue weighted by atomic mass is 35.5. The highest BCUT2D eigenvalue weighted by Crippen LogP contribution is 2.28. The Morgan fingerprint density at radius 2 is 1.82 bits per heavy atom. The van der Waals surface area contributed by atoms with Crippen LogP contribution in [0.15, 0.2) is 27.4 Å². The van der Waals surface area contributed by atoms with Gasteiger partial charge in [-0.2, -0.15) is 0 Å². The van der Waals surface area contributed by atoms with E-state index in [1.807, 2.05) is 0 Å². The number of rotatable bonds is 7. The van der Waals surface area contributed by atoms with Gasteiger partial charge in [0.25, 0.3) is 0 Å². The van der Waals surface area contributed by atoms with Gasteiger partial charge >= 0.3 is 0 Å². The summed E-state index contributed by atoms with van der Waals surface area (Å²) >= 11 is 6.10. The molecular weight excluding hydrogens is 306 g/mol. The standard InChI is InChI=1S/C16H26ClNO4/c1-10(8-13(22-7)15(4,5)9-19)18-16(6,21)14(17)11(2)12(3)20/h8-9,12,20-21H,1-7H3/b13-8-,14-11?,18-10?. The number of aliphatic hydroxyl groups is 2. The van der Waals surface area contributed by atoms with Gasteiger partial charge in [0, 0.05) is 5.71 Å². The predicted octanol–water partition coefficient (Wildman–Crippen LogP) is 2.80. The number of allylic oxidation sites excluding steroid dienone is 2. The van der Waals surface area contributed by atoms with Crippen molar-refractivity contribution in [3.63, 3.8) is 0 Å². The topological polar surface area (TPSA) is 79.1 Å². The van der Waals surface area contributed by atoms with Crippen LogP contribution in [0.4, 0.5) is 0 Å². The van der Waals surface area contributed by atoms with Gasteiger partial charge in [0.05, 0.1) is 23.7 Å². The van der Waals surface area contributed by atoms with Crippen molar-refractivity contribution in [1.29, 1.82) is 0 Å². The van der Waals surface area contributed by atoms with Gasteiger partial charge in [-0.25, -0.2) is 0 Å². The maximum absolute atomic E-state index is 11.1. The van der Waals surface area contributed by atoms with Gasteiger partial charge in [-0.1, -0.05) is 11.6 Å². The SMILES string of the molecule is CO/C(=C\C(C)=NC(C)(O)C(Cl)=C(C)C(C)O)C(C)(C)C=O. The van der Waals surface area contributed by atoms with E-state index >= 15 is 0 Å². The molecule has 0 fully saturated rings. The molecule has 2 atom stereocenters. The third kappa shape index (κ3) is 5.55. The Kier molecular flexibility index (Phi) is 7.48. The molecule has 2 N–H and O–H groups in total. The number of nitrogens with zero attached hydrogens (tertiary/aromatic N) is 1. The van der Waals surface area contributed by atoms with E-state index in [0.717, 1.165) is 6.29 Å². The molecule has 6 heteroatoms. The number of hydrogen-bond acceptors (Lipinski definition) is 5. The second-order valence-electron chi connectivity index (χ2n) is 6.00. The predicted molar refractivity (Wildman–Crippen MR) is 88.9 cm³/mol. The minimum absolute atomic E-state index is 0.0591. The highest BCUT2D eigenvalue weighted by Gasteiger charge is 2.28. The lowest BCUT2D eigenvalue weighted by atomic mass is 9.92. The van der Waals surface area contributed by atoms with Crippen LogP contribution in [-0.4, -0.2) is 41.1 Å². The van der Waals surface area contributed by atoms with Crippen LogP contribution in [0.5, 0.6) is 0 Å². The Balaban J connectivity index is 5.70. The summed E-state index contributed by atoms with van der Waals surface area (Å²) in [4.78, 5) is 15.2. The van der Waals surface area contributed by atoms with E-state index in [1.54, 1.807) is 40.7 Å². The monoisotopic (exact) mass is 331 g/mol. The minimum atomic E-state index is -1.67. The summed E-state index contributed by atoms with van der Waals surface area (Å²) in [6.07, 6.45) is 1.57. The molecule has 5 nitrogen and oxygen atoms in total. The maximum atomic E-state index is 11.1. The number of methoxy groups -OCH3 is 1. The lowest BCUT2D eigenvalue weighted by Crippen LogP contribution is -2.26. The van der Waals surface area contributed by atoms with Crippen LogP contribution in [0.25, 0.3) is 0 Å². The van der Waals surface area contributed by atoms with E-state index in [2.05, 4.69) is 4.99 Å². The number of ether oxygens (including phenoxy) is 1. The molecule has 0 aliphatic heterocycles. The molecular formula is C16H26ClNO4. The van der Waals surface area contributed by atoms with E-state index in [9.17, 15) is 15.0 Å². The van der Waals surface area contributed by atoms with Crippen molar-refractivity contribution in [1.82, 2.24) is 0 Å². The van der Waals surface area contributed by atoms with Crippen molar-refractivity contribution in [3.05, 3.63) is 22.4 Å². The van der Waals surface area contributed by atoms with Crippen LogP contribution in [0.3, 0.4) is 0 Å². The zero-order valence-corrected chi connectivity index (χ0v) is 15.0. The molecule has 0 heterocycles. The smallest absolute Gasteiger partial charge is 0.190 e. The van der Waals surface area contributed by atoms with E-state index < -0.39 is 17.2 Å². The average Bonchev–Trinajstić information content (AvgIpc) is 2.41. The summed E-state index contributed by atoms with van der Waals surface area (Å²) in [6.45, 7) is 9.70. The van der Waals surface area contributed by atoms with Crippen LogP contribution in [0, 0.1) is 5.41 Å². The molecule has 2 unspecified atom stereocenters. The van der Waals surface area contributed by atoms with Gasteiger partial charge in [-0.15, -0.1) is 0 Å². The molecule has 0 saturated carbocycles. The molecule has 0 bridgehead atoms. The van der Waals surface area contributed by atoms with Gasteiger partial charge < -0.3 is 19.7 Å². The molecule has 126 valence electrons. The molecule has 22 heavy (non-hydrogen) atoms. The number of carbonyl (C=O) groups is 1. The highest BCUT2D eigenvalue weighted by molar-refractivity contribution is 6.31. The van der Waals surface area contributed by atoms with Crippen LogP contribution >= 0.6 is 11.6 Å². The Morgan fingerprint density at radius 3 is 2.18 bits per heavy atom. The van der Waals surface area contributed by atoms with E-state index in [4.69, 9.17) is 16.3 Å². The van der Waals surface area contributed by atoms with Crippen LogP contribution in [0.2, 0.25) is 0 Å². The summed E-state index contributed by atoms with van der Waals surface area (Å²) in [5.74, 6) is 0.423. The summed E-state index contributed by atoms with van der Waals surface area (Å²) in [5.41, 5.74) is -1.60. The molecule has 0 spiro atoms. The summed E-state index contributed by atoms with van der Waals surface area (Å²) < 4.78 is 5.22. The Hall–Kier alpha value is -1.17. The number of carbonyl (C=O) groups excluding carboxylic acids is 1. The van der Waals surface area contributed by atoms with Gasteiger partial charge in [-0.3, -0.25) is 4.99 Å². The Morgan fingerprint density at radius 1 is 1.32 bits per heavy atom. The van der Waals surface area contributed by atoms with Gasteiger partial charge in [0.15, 0.2) is 5.72 Å². The number of hydrogen-bond donors (Lipinski definition) is 2. The van der Waals surface area contributed by atoms with Crippen molar-refractivity contribution in [2.24, 2.45) is 10.4 Å². The normalized spacial score (nSPS) is 19.2. The third-order valence-electron chi connectivity index (χ3n) is 3.27. The molecule has 0 aliphatic rings. The molecule has 0 saturated heterocycles. The van der Waals surface area contributed by atoms with Crippen LogP contribution < -0.4 is 0 Å². The zero-order chi connectivity index (χ0) is 17.7. The van der Waals surface area contributed by atoms with E-state index in [0.29, 0.717) is 17.0 Å². The molecule has 0 aromatic heterocycles. The summed E-state index contributed by atoms with van der Waals surface area (Å²) in [5, 5.41) is 20.0. The molecule has 0 radical (unpaired) electrons. The summed E-state index contributed by atoms with van der Waals surface area (Å²) in [6, 6.07) is 0. The Bertz CT molecular complexity index is 502. The van der Waals surface area contributed by atoms with E-state index in [1.165, 1.54) is 14.0 Å². The second kappa shape index (κ2) is 7.90. The second-order valence-corrected chi connectivity index (χ2v) is 6.38. The van der Waals surface area contributed by atoms with Crippen LogP contribution in [0.1, 0.15) is 41.5 Å². The van der Waals surface area contributed by atoms with E-state index in [-0.39, 0.29) is 5.03 Å². The lowest BCUT2D eigenvalue weighted by Gasteiger charge is -2.23. The quantitative estimate of drug-likeness (QED) is 0.427. The number of halogens is 1. The largest absolute Gasteiger partial charge is 0.500 e. The number of aliphatic hydroxyl groups excluding tert-OH is 1. The van der Waals surface area contributed by atoms with Crippen LogP contribution in [-0.2, 0) is 9.53 Å². The van der Waals surface area contributed by atoms with Crippen molar-refractivity contribution >= 4 is 23.6 Å². The van der Waals surface area contributed by atoms with Gasteiger partial charge in [0.2, 0.25) is 0 Å². The maximum Gasteiger partial charge on any atom is 0.190 e. The van der Waals surface area contributed by atoms with Crippen molar-refractivity contribution in [2.75, 3.05) is 7.11 Å². The first-order valence-electron chi connectivity index (χ1n) is 6.95. The van der Waals surface area contributed by atoms with Crippen molar-refractivity contribution in [2.45, 2.75) is 53.4 Å². The van der Waals surface area contributed by atoms with Gasteiger partial charge in [-0.05, 0) is 53.2 Å². The molecule has 0 rings (SSSR count). The van der Waals surface area contributed by atoms with Crippen molar-refractivity contribution < 1.29 is 19.7 Å². The molecule has 0 aromatic carbocycles. The first-order valence-corrected chi connectivity index (χ1v) is 7.33. The summed E-state index contributed by atoms with van der Waals surface area (Å²) in [7, 11) is 1.47. The fourth-order valence-electron chi connectivity index (χ4n) is 1.74. The number of aldehydes is 1. The first kappa shape index (κ1) is 20.8. The first-order chi connectivity index (χ1) is 9.89. The lowest BCUT2D eigenvalue weighted by molar-refractivity contribution is -0.114. The average molecular weight is 332 g/mol. The minimum Gasteiger partial charge on any atom is -0.500 e. The van der Waals surface area contributed by atoms with Gasteiger partial charge in [0.1, 0.15) is 12.0 Å². The molecule has 0 aromatic rings. The molecule has 0 amide bonds. The van der Waals surface area contributed by atoms with Crippen molar-refractivity contribution in [3.8, 4) is 0 Å². The fourth-order valence-corrected chi connectivity index (χ4v) is 1.94. The third-order valence-corrected chi connectivity index (χ3v) is 3.93. The molecule has 0 aliphatic carbocycles. The zero-order valence-electron chi connectivity index (χ0n) is 14.3. The Labute approximate surface area is 137 Å². The number of aliphatic imine (C=N–C) groups is 1.